The van der Waals surface area contributed by atoms with Gasteiger partial charge in [0.05, 0.1) is 22.7 Å². The summed E-state index contributed by atoms with van der Waals surface area (Å²) >= 11 is 0. The fourth-order valence-corrected chi connectivity index (χ4v) is 4.60. The minimum absolute atomic E-state index is 0. The number of likely N-dealkylation sites (tertiary alicyclic amines) is 1. The number of hydrogen-bond acceptors (Lipinski definition) is 5. The lowest BCUT2D eigenvalue weighted by Gasteiger charge is -2.33. The van der Waals surface area contributed by atoms with Crippen LogP contribution in [-0.2, 0) is 11.8 Å². The highest BCUT2D eigenvalue weighted by Gasteiger charge is 2.28. The van der Waals surface area contributed by atoms with Crippen molar-refractivity contribution >= 4 is 47.7 Å². The summed E-state index contributed by atoms with van der Waals surface area (Å²) in [5.74, 6) is 0.403. The van der Waals surface area contributed by atoms with E-state index in [2.05, 4.69) is 20.7 Å². The van der Waals surface area contributed by atoms with Gasteiger partial charge in [0.1, 0.15) is 0 Å². The van der Waals surface area contributed by atoms with Gasteiger partial charge in [0, 0.05) is 32.4 Å². The average molecular weight is 471 g/mol. The first-order valence-corrected chi connectivity index (χ1v) is 10.6. The Morgan fingerprint density at radius 1 is 1.23 bits per heavy atom. The van der Waals surface area contributed by atoms with Crippen LogP contribution in [0.25, 0.3) is 11.0 Å². The summed E-state index contributed by atoms with van der Waals surface area (Å²) in [6.45, 7) is 6.77. The number of piperidine rings is 1. The average Bonchev–Trinajstić information content (AvgIpc) is 3.34. The number of aromatic nitrogens is 3. The molecule has 10 heteroatoms. The molecule has 2 atom stereocenters. The second kappa shape index (κ2) is 10.6. The fraction of sp³-hybridized carbons (Fsp3) is 0.619. The van der Waals surface area contributed by atoms with E-state index < -0.39 is 0 Å². The Hall–Kier alpha value is -1.90. The lowest BCUT2D eigenvalue weighted by molar-refractivity contribution is -0.123. The number of fused-ring (bicyclic) bond motifs is 1. The molecule has 2 aromatic heterocycles. The first kappa shape index (κ1) is 25.4. The predicted molar refractivity (Wildman–Crippen MR) is 125 cm³/mol. The Kier molecular flexibility index (Phi) is 8.68. The van der Waals surface area contributed by atoms with Gasteiger partial charge in [-0.2, -0.15) is 5.10 Å². The zero-order valence-corrected chi connectivity index (χ0v) is 19.9. The van der Waals surface area contributed by atoms with Crippen molar-refractivity contribution in [2.45, 2.75) is 45.6 Å². The van der Waals surface area contributed by atoms with Gasteiger partial charge in [0.2, 0.25) is 5.91 Å². The van der Waals surface area contributed by atoms with Crippen LogP contribution in [-0.4, -0.2) is 63.7 Å². The Morgan fingerprint density at radius 2 is 2.00 bits per heavy atom. The Labute approximate surface area is 195 Å². The van der Waals surface area contributed by atoms with Crippen molar-refractivity contribution < 1.29 is 9.59 Å². The van der Waals surface area contributed by atoms with Crippen molar-refractivity contribution in [3.63, 3.8) is 0 Å². The number of carbonyl (C=O) groups is 2. The molecule has 0 spiro atoms. The molecule has 0 aliphatic carbocycles. The first-order valence-electron chi connectivity index (χ1n) is 10.6. The van der Waals surface area contributed by atoms with Crippen LogP contribution in [0.1, 0.15) is 47.4 Å². The topological polar surface area (TPSA) is 92.2 Å². The van der Waals surface area contributed by atoms with Gasteiger partial charge in [-0.1, -0.05) is 0 Å². The van der Waals surface area contributed by atoms with Gasteiger partial charge in [-0.25, -0.2) is 4.98 Å². The molecule has 2 amide bonds. The predicted octanol–water partition coefficient (Wildman–Crippen LogP) is 2.15. The molecule has 2 aliphatic heterocycles. The normalized spacial score (nSPS) is 20.8. The smallest absolute Gasteiger partial charge is 0.254 e. The highest BCUT2D eigenvalue weighted by Crippen LogP contribution is 2.25. The fourth-order valence-electron chi connectivity index (χ4n) is 4.60. The van der Waals surface area contributed by atoms with E-state index in [1.54, 1.807) is 4.68 Å². The second-order valence-corrected chi connectivity index (χ2v) is 8.37. The minimum atomic E-state index is -0.0574. The van der Waals surface area contributed by atoms with Crippen LogP contribution >= 0.6 is 24.8 Å². The monoisotopic (exact) mass is 470 g/mol. The van der Waals surface area contributed by atoms with Crippen molar-refractivity contribution in [1.82, 2.24) is 30.3 Å². The van der Waals surface area contributed by atoms with Crippen LogP contribution in [0.15, 0.2) is 6.07 Å². The SMILES string of the molecule is Cc1cc(C(=O)N2CCCC(CNC(=O)C3CCCN3)C2)c2c(C)nn(C)c2n1.Cl.Cl. The maximum atomic E-state index is 13.4. The van der Waals surface area contributed by atoms with Crippen molar-refractivity contribution in [1.29, 1.82) is 0 Å². The summed E-state index contributed by atoms with van der Waals surface area (Å²) in [4.78, 5) is 32.1. The summed E-state index contributed by atoms with van der Waals surface area (Å²) in [6.07, 6.45) is 3.94. The number of rotatable bonds is 4. The van der Waals surface area contributed by atoms with Crippen LogP contribution in [0.2, 0.25) is 0 Å². The summed E-state index contributed by atoms with van der Waals surface area (Å²) in [7, 11) is 1.86. The van der Waals surface area contributed by atoms with Gasteiger partial charge < -0.3 is 15.5 Å². The number of aryl methyl sites for hydroxylation is 3. The zero-order valence-electron chi connectivity index (χ0n) is 18.3. The molecule has 0 bridgehead atoms. The van der Waals surface area contributed by atoms with Crippen molar-refractivity contribution in [3.05, 3.63) is 23.0 Å². The maximum Gasteiger partial charge on any atom is 0.254 e. The van der Waals surface area contributed by atoms with Gasteiger partial charge in [0.25, 0.3) is 5.91 Å². The second-order valence-electron chi connectivity index (χ2n) is 8.37. The van der Waals surface area contributed by atoms with E-state index in [1.807, 2.05) is 31.9 Å². The van der Waals surface area contributed by atoms with Crippen LogP contribution in [0.4, 0.5) is 0 Å². The highest BCUT2D eigenvalue weighted by atomic mass is 35.5. The van der Waals surface area contributed by atoms with Crippen molar-refractivity contribution in [2.24, 2.45) is 13.0 Å². The third-order valence-corrected chi connectivity index (χ3v) is 6.08. The van der Waals surface area contributed by atoms with E-state index >= 15 is 0 Å². The number of halogens is 2. The molecular formula is C21H32Cl2N6O2. The molecule has 0 saturated carbocycles. The van der Waals surface area contributed by atoms with Crippen molar-refractivity contribution in [2.75, 3.05) is 26.2 Å². The largest absolute Gasteiger partial charge is 0.354 e. The van der Waals surface area contributed by atoms with E-state index in [-0.39, 0.29) is 48.6 Å². The molecule has 4 heterocycles. The van der Waals surface area contributed by atoms with Crippen LogP contribution in [0.3, 0.4) is 0 Å². The molecule has 2 aliphatic rings. The molecule has 8 nitrogen and oxygen atoms in total. The molecule has 2 fully saturated rings. The number of pyridine rings is 1. The van der Waals surface area contributed by atoms with E-state index in [4.69, 9.17) is 0 Å². The molecule has 172 valence electrons. The molecule has 0 aromatic carbocycles. The Morgan fingerprint density at radius 3 is 2.71 bits per heavy atom. The summed E-state index contributed by atoms with van der Waals surface area (Å²) in [5, 5.41) is 11.6. The van der Waals surface area contributed by atoms with E-state index in [0.29, 0.717) is 18.7 Å². The highest BCUT2D eigenvalue weighted by molar-refractivity contribution is 6.06. The van der Waals surface area contributed by atoms with E-state index in [0.717, 1.165) is 61.2 Å². The summed E-state index contributed by atoms with van der Waals surface area (Å²) < 4.78 is 1.74. The summed E-state index contributed by atoms with van der Waals surface area (Å²) in [6, 6.07) is 1.81. The van der Waals surface area contributed by atoms with Gasteiger partial charge in [-0.3, -0.25) is 14.3 Å². The number of nitrogens with one attached hydrogen (secondary N) is 2. The molecule has 2 unspecified atom stereocenters. The maximum absolute atomic E-state index is 13.4. The molecule has 2 aromatic rings. The molecule has 4 rings (SSSR count). The van der Waals surface area contributed by atoms with E-state index in [9.17, 15) is 9.59 Å². The lowest BCUT2D eigenvalue weighted by Crippen LogP contribution is -2.46. The van der Waals surface area contributed by atoms with Gasteiger partial charge in [-0.05, 0) is 58.1 Å². The van der Waals surface area contributed by atoms with Gasteiger partial charge in [0.15, 0.2) is 5.65 Å². The Bertz CT molecular complexity index is 942. The van der Waals surface area contributed by atoms with Gasteiger partial charge >= 0.3 is 0 Å². The lowest BCUT2D eigenvalue weighted by atomic mass is 9.96. The third-order valence-electron chi connectivity index (χ3n) is 6.08. The van der Waals surface area contributed by atoms with Crippen molar-refractivity contribution in [3.8, 4) is 0 Å². The van der Waals surface area contributed by atoms with Crippen LogP contribution in [0, 0.1) is 19.8 Å². The van der Waals surface area contributed by atoms with E-state index in [1.165, 1.54) is 0 Å². The first-order chi connectivity index (χ1) is 13.9. The van der Waals surface area contributed by atoms with Crippen LogP contribution in [0.5, 0.6) is 0 Å². The number of nitrogens with zero attached hydrogens (tertiary/aromatic N) is 4. The van der Waals surface area contributed by atoms with Gasteiger partial charge in [-0.15, -0.1) is 24.8 Å². The number of hydrogen-bond donors (Lipinski definition) is 2. The molecule has 0 radical (unpaired) electrons. The number of amides is 2. The third kappa shape index (κ3) is 5.30. The minimum Gasteiger partial charge on any atom is -0.354 e. The quantitative estimate of drug-likeness (QED) is 0.713. The zero-order chi connectivity index (χ0) is 20.5. The molecule has 31 heavy (non-hydrogen) atoms. The Balaban J connectivity index is 0.00000171. The molecule has 2 saturated heterocycles. The molecule has 2 N–H and O–H groups in total. The van der Waals surface area contributed by atoms with Crippen LogP contribution < -0.4 is 10.6 Å². The molecular weight excluding hydrogens is 439 g/mol. The number of carbonyl (C=O) groups excluding carboxylic acids is 2. The standard InChI is InChI=1S/C21H30N6O2.2ClH/c1-13-10-16(18-14(2)25-26(3)19(18)24-13)21(29)27-9-5-6-15(12-27)11-23-20(28)17-7-4-8-22-17;;/h10,15,17,22H,4-9,11-12H2,1-3H3,(H,23,28);2*1H. The summed E-state index contributed by atoms with van der Waals surface area (Å²) in [5.41, 5.74) is 3.06.